The van der Waals surface area contributed by atoms with Crippen LogP contribution in [0.5, 0.6) is 0 Å². The van der Waals surface area contributed by atoms with E-state index in [4.69, 9.17) is 4.42 Å². The lowest BCUT2D eigenvalue weighted by molar-refractivity contribution is -0.116. The van der Waals surface area contributed by atoms with Crippen LogP contribution in [-0.2, 0) is 11.2 Å². The average molecular weight is 428 g/mol. The first-order chi connectivity index (χ1) is 15.7. The Kier molecular flexibility index (Phi) is 5.27. The van der Waals surface area contributed by atoms with Crippen LogP contribution in [0.25, 0.3) is 0 Å². The predicted octanol–water partition coefficient (Wildman–Crippen LogP) is 6.05. The third-order valence-corrected chi connectivity index (χ3v) is 6.11. The molecule has 5 rings (SSSR count). The van der Waals surface area contributed by atoms with E-state index in [-0.39, 0.29) is 11.8 Å². The van der Waals surface area contributed by atoms with E-state index in [1.54, 1.807) is 17.2 Å². The fraction of sp³-hybridized carbons (Fsp3) is 0.231. The molecule has 6 heteroatoms. The van der Waals surface area contributed by atoms with Crippen LogP contribution in [0.1, 0.15) is 43.6 Å². The summed E-state index contributed by atoms with van der Waals surface area (Å²) >= 11 is 0. The van der Waals surface area contributed by atoms with E-state index in [0.29, 0.717) is 23.4 Å². The number of hydrogen-bond donors (Lipinski definition) is 2. The number of carbonyl (C=O) groups is 2. The summed E-state index contributed by atoms with van der Waals surface area (Å²) < 4.78 is 5.78. The maximum absolute atomic E-state index is 13.8. The summed E-state index contributed by atoms with van der Waals surface area (Å²) in [7, 11) is 0. The molecular formula is C26H25N3O3. The molecule has 1 atom stereocenters. The zero-order chi connectivity index (χ0) is 22.1. The third kappa shape index (κ3) is 3.47. The Labute approximate surface area is 186 Å². The van der Waals surface area contributed by atoms with Crippen LogP contribution in [0.3, 0.4) is 0 Å². The molecule has 1 aliphatic carbocycles. The Balaban J connectivity index is 1.67. The number of fused-ring (bicyclic) bond motifs is 1. The molecule has 0 saturated heterocycles. The molecule has 1 unspecified atom stereocenters. The second-order valence-electron chi connectivity index (χ2n) is 8.04. The standard InChI is InChI=1S/C26H25N3O3/c1-2-17-9-3-4-10-18(17)28-26(31)29-21-13-6-5-11-19(21)27-20-12-7-14-22(30)24(20)25(29)23-15-8-16-32-23/h3-6,8-11,13,15-16,25,27H,2,7,12,14H2,1H3,(H,28,31). The third-order valence-electron chi connectivity index (χ3n) is 6.11. The van der Waals surface area contributed by atoms with Crippen LogP contribution < -0.4 is 15.5 Å². The lowest BCUT2D eigenvalue weighted by atomic mass is 9.88. The number of urea groups is 1. The van der Waals surface area contributed by atoms with Gasteiger partial charge in [-0.3, -0.25) is 9.69 Å². The molecule has 0 radical (unpaired) electrons. The van der Waals surface area contributed by atoms with Crippen molar-refractivity contribution in [3.63, 3.8) is 0 Å². The fourth-order valence-corrected chi connectivity index (χ4v) is 4.60. The first kappa shape index (κ1) is 20.1. The first-order valence-electron chi connectivity index (χ1n) is 11.0. The minimum Gasteiger partial charge on any atom is -0.467 e. The van der Waals surface area contributed by atoms with E-state index < -0.39 is 6.04 Å². The molecule has 2 aromatic carbocycles. The van der Waals surface area contributed by atoms with Crippen molar-refractivity contribution in [2.45, 2.75) is 38.6 Å². The van der Waals surface area contributed by atoms with Gasteiger partial charge in [0, 0.05) is 23.4 Å². The maximum Gasteiger partial charge on any atom is 0.327 e. The fourth-order valence-electron chi connectivity index (χ4n) is 4.60. The number of nitrogens with one attached hydrogen (secondary N) is 2. The highest BCUT2D eigenvalue weighted by molar-refractivity contribution is 6.09. The summed E-state index contributed by atoms with van der Waals surface area (Å²) in [6.07, 6.45) is 4.37. The molecule has 0 bridgehead atoms. The van der Waals surface area contributed by atoms with Gasteiger partial charge in [-0.05, 0) is 55.2 Å². The largest absolute Gasteiger partial charge is 0.467 e. The molecule has 2 aliphatic rings. The number of aryl methyl sites for hydroxylation is 1. The Bertz CT molecular complexity index is 1200. The summed E-state index contributed by atoms with van der Waals surface area (Å²) in [6, 6.07) is 18.1. The molecule has 3 aromatic rings. The number of hydrogen-bond acceptors (Lipinski definition) is 4. The SMILES string of the molecule is CCc1ccccc1NC(=O)N1c2ccccc2NC2=C(C(=O)CCC2)C1c1ccco1. The van der Waals surface area contributed by atoms with Crippen molar-refractivity contribution in [1.29, 1.82) is 0 Å². The van der Waals surface area contributed by atoms with Crippen LogP contribution in [0.4, 0.5) is 21.9 Å². The van der Waals surface area contributed by atoms with Crippen molar-refractivity contribution in [3.8, 4) is 0 Å². The number of carbonyl (C=O) groups excluding carboxylic acids is 2. The Morgan fingerprint density at radius 1 is 1.09 bits per heavy atom. The number of Topliss-reactive ketones (excluding diaryl/α,β-unsaturated/α-hetero) is 1. The van der Waals surface area contributed by atoms with Gasteiger partial charge in [-0.1, -0.05) is 37.3 Å². The smallest absolute Gasteiger partial charge is 0.327 e. The topological polar surface area (TPSA) is 74.6 Å². The summed E-state index contributed by atoms with van der Waals surface area (Å²) in [5.41, 5.74) is 4.76. The summed E-state index contributed by atoms with van der Waals surface area (Å²) in [6.45, 7) is 2.06. The summed E-state index contributed by atoms with van der Waals surface area (Å²) in [5.74, 6) is 0.602. The second-order valence-corrected chi connectivity index (χ2v) is 8.04. The van der Waals surface area contributed by atoms with Gasteiger partial charge in [0.2, 0.25) is 0 Å². The molecule has 1 aromatic heterocycles. The molecule has 32 heavy (non-hydrogen) atoms. The van der Waals surface area contributed by atoms with Crippen molar-refractivity contribution in [2.24, 2.45) is 0 Å². The molecule has 0 fully saturated rings. The number of rotatable bonds is 3. The molecule has 0 saturated carbocycles. The van der Waals surface area contributed by atoms with Crippen molar-refractivity contribution in [1.82, 2.24) is 0 Å². The van der Waals surface area contributed by atoms with Crippen LogP contribution >= 0.6 is 0 Å². The maximum atomic E-state index is 13.8. The zero-order valence-electron chi connectivity index (χ0n) is 17.9. The monoisotopic (exact) mass is 427 g/mol. The number of anilines is 3. The number of allylic oxidation sites excluding steroid dienone is 1. The molecule has 2 N–H and O–H groups in total. The van der Waals surface area contributed by atoms with Crippen molar-refractivity contribution < 1.29 is 14.0 Å². The van der Waals surface area contributed by atoms with E-state index in [2.05, 4.69) is 17.6 Å². The van der Waals surface area contributed by atoms with Gasteiger partial charge in [-0.15, -0.1) is 0 Å². The number of nitrogens with zero attached hydrogens (tertiary/aromatic N) is 1. The highest BCUT2D eigenvalue weighted by atomic mass is 16.3. The van der Waals surface area contributed by atoms with Gasteiger partial charge in [0.1, 0.15) is 11.8 Å². The molecule has 2 amide bonds. The molecular weight excluding hydrogens is 402 g/mol. The van der Waals surface area contributed by atoms with Gasteiger partial charge in [0.15, 0.2) is 5.78 Å². The van der Waals surface area contributed by atoms with E-state index in [1.807, 2.05) is 54.6 Å². The van der Waals surface area contributed by atoms with Gasteiger partial charge < -0.3 is 15.1 Å². The number of ketones is 1. The Morgan fingerprint density at radius 2 is 1.91 bits per heavy atom. The zero-order valence-corrected chi connectivity index (χ0v) is 17.9. The van der Waals surface area contributed by atoms with Gasteiger partial charge in [0.25, 0.3) is 0 Å². The van der Waals surface area contributed by atoms with Crippen molar-refractivity contribution >= 4 is 28.9 Å². The molecule has 1 aliphatic heterocycles. The van der Waals surface area contributed by atoms with Gasteiger partial charge in [-0.25, -0.2) is 4.79 Å². The molecule has 2 heterocycles. The molecule has 162 valence electrons. The summed E-state index contributed by atoms with van der Waals surface area (Å²) in [4.78, 5) is 28.7. The van der Waals surface area contributed by atoms with Crippen molar-refractivity contribution in [3.05, 3.63) is 89.5 Å². The van der Waals surface area contributed by atoms with E-state index in [1.165, 1.54) is 0 Å². The second kappa shape index (κ2) is 8.38. The number of furan rings is 1. The average Bonchev–Trinajstić information content (AvgIpc) is 3.29. The van der Waals surface area contributed by atoms with Gasteiger partial charge in [0.05, 0.1) is 17.6 Å². The van der Waals surface area contributed by atoms with E-state index >= 15 is 0 Å². The van der Waals surface area contributed by atoms with Gasteiger partial charge >= 0.3 is 6.03 Å². The number of para-hydroxylation sites is 3. The predicted molar refractivity (Wildman–Crippen MR) is 125 cm³/mol. The van der Waals surface area contributed by atoms with Crippen molar-refractivity contribution in [2.75, 3.05) is 15.5 Å². The summed E-state index contributed by atoms with van der Waals surface area (Å²) in [5, 5.41) is 6.54. The van der Waals surface area contributed by atoms with Crippen LogP contribution in [0, 0.1) is 0 Å². The Morgan fingerprint density at radius 3 is 2.72 bits per heavy atom. The minimum atomic E-state index is -0.655. The highest BCUT2D eigenvalue weighted by Crippen LogP contribution is 2.45. The molecule has 0 spiro atoms. The highest BCUT2D eigenvalue weighted by Gasteiger charge is 2.41. The van der Waals surface area contributed by atoms with E-state index in [9.17, 15) is 9.59 Å². The Hall–Kier alpha value is -3.80. The number of amides is 2. The van der Waals surface area contributed by atoms with Gasteiger partial charge in [-0.2, -0.15) is 0 Å². The molecule has 6 nitrogen and oxygen atoms in total. The normalized spacial score (nSPS) is 17.8. The lowest BCUT2D eigenvalue weighted by Crippen LogP contribution is -2.40. The quantitative estimate of drug-likeness (QED) is 0.533. The number of benzene rings is 2. The van der Waals surface area contributed by atoms with Crippen LogP contribution in [0.15, 0.2) is 82.6 Å². The first-order valence-corrected chi connectivity index (χ1v) is 11.0. The van der Waals surface area contributed by atoms with E-state index in [0.717, 1.165) is 41.9 Å². The minimum absolute atomic E-state index is 0.0414. The van der Waals surface area contributed by atoms with Crippen LogP contribution in [0.2, 0.25) is 0 Å². The van der Waals surface area contributed by atoms with Crippen LogP contribution in [-0.4, -0.2) is 11.8 Å². The lowest BCUT2D eigenvalue weighted by Gasteiger charge is -2.32.